The minimum Gasteiger partial charge on any atom is -0.454 e. The van der Waals surface area contributed by atoms with Gasteiger partial charge in [0, 0.05) is 13.5 Å². The van der Waals surface area contributed by atoms with Gasteiger partial charge in [-0.2, -0.15) is 0 Å². The van der Waals surface area contributed by atoms with Crippen LogP contribution in [0.5, 0.6) is 11.5 Å². The van der Waals surface area contributed by atoms with Crippen LogP contribution in [-0.2, 0) is 31.0 Å². The van der Waals surface area contributed by atoms with Gasteiger partial charge in [-0.1, -0.05) is 6.07 Å². The molecule has 10 nitrogen and oxygen atoms in total. The SMILES string of the molecule is CC(=O)N(Cc1ccc2c(c1)OCO2)C1CC(=O)N(c2ccc(S(N)(=O)=O)cc2)C1=O. The first-order valence-electron chi connectivity index (χ1n) is 9.30. The number of carbonyl (C=O) groups is 3. The van der Waals surface area contributed by atoms with Gasteiger partial charge in [0.2, 0.25) is 28.6 Å². The average molecular weight is 445 g/mol. The molecule has 1 atom stereocenters. The number of fused-ring (bicyclic) bond motifs is 1. The molecule has 0 aromatic heterocycles. The summed E-state index contributed by atoms with van der Waals surface area (Å²) in [6.45, 7) is 1.55. The number of benzene rings is 2. The summed E-state index contributed by atoms with van der Waals surface area (Å²) in [5, 5.41) is 5.08. The molecule has 1 fully saturated rings. The van der Waals surface area contributed by atoms with Crippen LogP contribution in [0.1, 0.15) is 18.9 Å². The van der Waals surface area contributed by atoms with Crippen LogP contribution in [0.25, 0.3) is 0 Å². The molecule has 2 N–H and O–H groups in total. The van der Waals surface area contributed by atoms with Gasteiger partial charge in [-0.05, 0) is 42.0 Å². The molecule has 3 amide bonds. The Morgan fingerprint density at radius 2 is 1.81 bits per heavy atom. The lowest BCUT2D eigenvalue weighted by Crippen LogP contribution is -2.44. The first-order chi connectivity index (χ1) is 14.6. The predicted octanol–water partition coefficient (Wildman–Crippen LogP) is 0.743. The van der Waals surface area contributed by atoms with Gasteiger partial charge in [0.15, 0.2) is 11.5 Å². The molecule has 2 aromatic carbocycles. The number of anilines is 1. The molecule has 1 unspecified atom stereocenters. The number of primary sulfonamides is 1. The van der Waals surface area contributed by atoms with Crippen molar-refractivity contribution < 1.29 is 32.3 Å². The maximum atomic E-state index is 13.0. The monoisotopic (exact) mass is 445 g/mol. The summed E-state index contributed by atoms with van der Waals surface area (Å²) in [5.74, 6) is -0.277. The van der Waals surface area contributed by atoms with Crippen LogP contribution in [0.3, 0.4) is 0 Å². The number of sulfonamides is 1. The summed E-state index contributed by atoms with van der Waals surface area (Å²) in [6.07, 6.45) is -0.181. The topological polar surface area (TPSA) is 136 Å². The average Bonchev–Trinajstić information content (AvgIpc) is 3.29. The fourth-order valence-electron chi connectivity index (χ4n) is 3.59. The van der Waals surface area contributed by atoms with Crippen LogP contribution >= 0.6 is 0 Å². The van der Waals surface area contributed by atoms with Crippen LogP contribution in [0, 0.1) is 0 Å². The molecule has 31 heavy (non-hydrogen) atoms. The van der Waals surface area contributed by atoms with E-state index in [1.165, 1.54) is 36.1 Å². The highest BCUT2D eigenvalue weighted by molar-refractivity contribution is 7.89. The minimum absolute atomic E-state index is 0.105. The molecule has 2 aliphatic rings. The first kappa shape index (κ1) is 20.8. The fourth-order valence-corrected chi connectivity index (χ4v) is 4.11. The number of nitrogens with two attached hydrogens (primary N) is 1. The van der Waals surface area contributed by atoms with E-state index in [2.05, 4.69) is 0 Å². The quantitative estimate of drug-likeness (QED) is 0.671. The molecule has 162 valence electrons. The summed E-state index contributed by atoms with van der Waals surface area (Å²) in [7, 11) is -3.91. The van der Waals surface area contributed by atoms with Crippen LogP contribution in [-0.4, -0.2) is 43.9 Å². The van der Waals surface area contributed by atoms with Crippen molar-refractivity contribution in [1.29, 1.82) is 0 Å². The number of ether oxygens (including phenoxy) is 2. The van der Waals surface area contributed by atoms with Crippen molar-refractivity contribution in [1.82, 2.24) is 4.90 Å². The molecule has 2 heterocycles. The third kappa shape index (κ3) is 3.97. The Bertz CT molecular complexity index is 1180. The normalized spacial score (nSPS) is 17.9. The molecular weight excluding hydrogens is 426 g/mol. The molecule has 2 aliphatic heterocycles. The highest BCUT2D eigenvalue weighted by Gasteiger charge is 2.43. The van der Waals surface area contributed by atoms with Crippen molar-refractivity contribution in [2.75, 3.05) is 11.7 Å². The third-order valence-corrected chi connectivity index (χ3v) is 6.05. The highest BCUT2D eigenvalue weighted by atomic mass is 32.2. The van der Waals surface area contributed by atoms with E-state index in [4.69, 9.17) is 14.6 Å². The van der Waals surface area contributed by atoms with Gasteiger partial charge < -0.3 is 14.4 Å². The van der Waals surface area contributed by atoms with Crippen molar-refractivity contribution in [3.8, 4) is 11.5 Å². The molecule has 0 radical (unpaired) electrons. The number of rotatable bonds is 5. The molecule has 0 aliphatic carbocycles. The lowest BCUT2D eigenvalue weighted by molar-refractivity contribution is -0.137. The number of carbonyl (C=O) groups excluding carboxylic acids is 3. The van der Waals surface area contributed by atoms with E-state index in [9.17, 15) is 22.8 Å². The summed E-state index contributed by atoms with van der Waals surface area (Å²) in [4.78, 5) is 40.1. The van der Waals surface area contributed by atoms with Crippen LogP contribution in [0.4, 0.5) is 5.69 Å². The standard InChI is InChI=1S/C20H19N3O7S/c1-12(24)22(10-13-2-7-17-18(8-13)30-11-29-17)16-9-19(25)23(20(16)26)14-3-5-15(6-4-14)31(21,27)28/h2-8,16H,9-11H2,1H3,(H2,21,27,28). The van der Waals surface area contributed by atoms with Gasteiger partial charge in [-0.15, -0.1) is 0 Å². The van der Waals surface area contributed by atoms with Gasteiger partial charge >= 0.3 is 0 Å². The van der Waals surface area contributed by atoms with Gasteiger partial charge in [-0.25, -0.2) is 18.5 Å². The van der Waals surface area contributed by atoms with Crippen molar-refractivity contribution >= 4 is 33.4 Å². The maximum Gasteiger partial charge on any atom is 0.257 e. The second-order valence-electron chi connectivity index (χ2n) is 7.16. The zero-order valence-corrected chi connectivity index (χ0v) is 17.3. The summed E-state index contributed by atoms with van der Waals surface area (Å²) in [5.41, 5.74) is 0.923. The Morgan fingerprint density at radius 3 is 2.45 bits per heavy atom. The van der Waals surface area contributed by atoms with E-state index >= 15 is 0 Å². The fraction of sp³-hybridized carbons (Fsp3) is 0.250. The molecule has 0 bridgehead atoms. The number of imide groups is 1. The predicted molar refractivity (Wildman–Crippen MR) is 108 cm³/mol. The zero-order valence-electron chi connectivity index (χ0n) is 16.5. The van der Waals surface area contributed by atoms with Crippen LogP contribution in [0.15, 0.2) is 47.4 Å². The number of amides is 3. The second kappa shape index (κ2) is 7.67. The first-order valence-corrected chi connectivity index (χ1v) is 10.8. The largest absolute Gasteiger partial charge is 0.454 e. The number of nitrogens with zero attached hydrogens (tertiary/aromatic N) is 2. The van der Waals surface area contributed by atoms with E-state index in [0.29, 0.717) is 11.5 Å². The zero-order chi connectivity index (χ0) is 22.3. The van der Waals surface area contributed by atoms with Gasteiger partial charge in [0.05, 0.1) is 17.0 Å². The van der Waals surface area contributed by atoms with E-state index < -0.39 is 27.9 Å². The Kier molecular flexibility index (Phi) is 5.15. The van der Waals surface area contributed by atoms with Crippen molar-refractivity contribution in [2.24, 2.45) is 5.14 Å². The van der Waals surface area contributed by atoms with Crippen molar-refractivity contribution in [3.05, 3.63) is 48.0 Å². The molecule has 0 saturated carbocycles. The maximum absolute atomic E-state index is 13.0. The summed E-state index contributed by atoms with van der Waals surface area (Å²) >= 11 is 0. The lowest BCUT2D eigenvalue weighted by Gasteiger charge is -2.26. The van der Waals surface area contributed by atoms with E-state index in [1.54, 1.807) is 18.2 Å². The van der Waals surface area contributed by atoms with Gasteiger partial charge in [0.25, 0.3) is 5.91 Å². The highest BCUT2D eigenvalue weighted by Crippen LogP contribution is 2.34. The molecule has 1 saturated heterocycles. The third-order valence-electron chi connectivity index (χ3n) is 5.12. The molecule has 0 spiro atoms. The Labute approximate surface area is 178 Å². The summed E-state index contributed by atoms with van der Waals surface area (Å²) in [6, 6.07) is 9.31. The number of hydrogen-bond acceptors (Lipinski definition) is 7. The molecular formula is C20H19N3O7S. The molecule has 4 rings (SSSR count). The van der Waals surface area contributed by atoms with Gasteiger partial charge in [-0.3, -0.25) is 14.4 Å². The van der Waals surface area contributed by atoms with Crippen molar-refractivity contribution in [2.45, 2.75) is 30.8 Å². The number of hydrogen-bond donors (Lipinski definition) is 1. The second-order valence-corrected chi connectivity index (χ2v) is 8.72. The van der Waals surface area contributed by atoms with Crippen LogP contribution in [0.2, 0.25) is 0 Å². The Balaban J connectivity index is 1.57. The Morgan fingerprint density at radius 1 is 1.13 bits per heavy atom. The molecule has 2 aromatic rings. The summed E-state index contributed by atoms with van der Waals surface area (Å²) < 4.78 is 33.5. The molecule has 11 heteroatoms. The van der Waals surface area contributed by atoms with Crippen molar-refractivity contribution in [3.63, 3.8) is 0 Å². The van der Waals surface area contributed by atoms with E-state index in [1.807, 2.05) is 0 Å². The van der Waals surface area contributed by atoms with E-state index in [-0.39, 0.29) is 36.2 Å². The smallest absolute Gasteiger partial charge is 0.257 e. The minimum atomic E-state index is -3.91. The lowest BCUT2D eigenvalue weighted by atomic mass is 10.1. The van der Waals surface area contributed by atoms with Gasteiger partial charge in [0.1, 0.15) is 6.04 Å². The van der Waals surface area contributed by atoms with E-state index in [0.717, 1.165) is 10.5 Å². The Hall–Kier alpha value is -3.44. The van der Waals surface area contributed by atoms with Crippen LogP contribution < -0.4 is 19.5 Å².